The van der Waals surface area contributed by atoms with Crippen molar-refractivity contribution in [3.8, 4) is 5.75 Å². The van der Waals surface area contributed by atoms with Crippen molar-refractivity contribution in [3.63, 3.8) is 0 Å². The van der Waals surface area contributed by atoms with Crippen LogP contribution in [0.25, 0.3) is 0 Å². The van der Waals surface area contributed by atoms with Crippen molar-refractivity contribution in [2.75, 3.05) is 20.3 Å². The Hall–Kier alpha value is -5.01. The number of fused-ring (bicyclic) bond motifs is 1. The van der Waals surface area contributed by atoms with Crippen LogP contribution in [0.15, 0.2) is 48.5 Å². The number of alkyl carbamates (subject to hydrolysis) is 2. The minimum absolute atomic E-state index is 0.0599. The SMILES string of the molecule is COC(=O)O[C@]1(NC(=O)OC(C)(C)C)CCc2cccc(OC[C@@H](C)CNC(=O)[C@H](C)NC(=O)[C@H](C)NC(=O)OCc3ccccc3)c2C1. The Morgan fingerprint density at radius 3 is 2.24 bits per heavy atom. The van der Waals surface area contributed by atoms with Gasteiger partial charge in [0, 0.05) is 30.9 Å². The highest BCUT2D eigenvalue weighted by Crippen LogP contribution is 2.36. The van der Waals surface area contributed by atoms with E-state index < -0.39 is 53.6 Å². The number of aryl methyl sites for hydroxylation is 1. The monoisotopic (exact) mass is 684 g/mol. The van der Waals surface area contributed by atoms with Gasteiger partial charge in [-0.05, 0) is 58.2 Å². The van der Waals surface area contributed by atoms with E-state index in [1.54, 1.807) is 33.8 Å². The summed E-state index contributed by atoms with van der Waals surface area (Å²) in [4.78, 5) is 62.3. The molecule has 49 heavy (non-hydrogen) atoms. The van der Waals surface area contributed by atoms with Crippen molar-refractivity contribution < 1.29 is 47.7 Å². The highest BCUT2D eigenvalue weighted by Gasteiger charge is 2.42. The van der Waals surface area contributed by atoms with Crippen LogP contribution in [0.3, 0.4) is 0 Å². The van der Waals surface area contributed by atoms with Crippen molar-refractivity contribution in [2.45, 2.75) is 90.8 Å². The van der Waals surface area contributed by atoms with Gasteiger partial charge in [0.2, 0.25) is 11.8 Å². The first kappa shape index (κ1) is 38.4. The zero-order valence-corrected chi connectivity index (χ0v) is 29.2. The van der Waals surface area contributed by atoms with Gasteiger partial charge in [-0.2, -0.15) is 0 Å². The first-order valence-electron chi connectivity index (χ1n) is 16.2. The summed E-state index contributed by atoms with van der Waals surface area (Å²) in [6, 6.07) is 12.9. The van der Waals surface area contributed by atoms with Crippen LogP contribution >= 0.6 is 0 Å². The maximum atomic E-state index is 12.7. The lowest BCUT2D eigenvalue weighted by Gasteiger charge is -2.38. The number of rotatable bonds is 13. The molecule has 2 aromatic rings. The number of benzene rings is 2. The summed E-state index contributed by atoms with van der Waals surface area (Å²) in [5.41, 5.74) is 0.361. The van der Waals surface area contributed by atoms with Crippen LogP contribution in [0.4, 0.5) is 14.4 Å². The maximum absolute atomic E-state index is 12.7. The summed E-state index contributed by atoms with van der Waals surface area (Å²) in [5.74, 6) is -0.544. The van der Waals surface area contributed by atoms with Crippen molar-refractivity contribution in [3.05, 3.63) is 65.2 Å². The van der Waals surface area contributed by atoms with Crippen LogP contribution in [-0.2, 0) is 48.0 Å². The smallest absolute Gasteiger partial charge is 0.493 e. The molecule has 0 saturated heterocycles. The van der Waals surface area contributed by atoms with E-state index in [-0.39, 0.29) is 32.1 Å². The van der Waals surface area contributed by atoms with Crippen LogP contribution < -0.4 is 26.0 Å². The second kappa shape index (κ2) is 17.4. The van der Waals surface area contributed by atoms with E-state index in [0.717, 1.165) is 16.7 Å². The van der Waals surface area contributed by atoms with Gasteiger partial charge in [0.05, 0.1) is 13.7 Å². The molecular weight excluding hydrogens is 636 g/mol. The predicted octanol–water partition coefficient (Wildman–Crippen LogP) is 4.13. The fraction of sp³-hybridized carbons (Fsp3) is 0.514. The molecule has 14 nitrogen and oxygen atoms in total. The van der Waals surface area contributed by atoms with Crippen LogP contribution in [0.1, 0.15) is 64.7 Å². The van der Waals surface area contributed by atoms with E-state index >= 15 is 0 Å². The lowest BCUT2D eigenvalue weighted by atomic mass is 9.85. The van der Waals surface area contributed by atoms with Crippen molar-refractivity contribution in [1.29, 1.82) is 0 Å². The Labute approximate surface area is 286 Å². The molecule has 0 saturated carbocycles. The molecule has 0 aromatic heterocycles. The predicted molar refractivity (Wildman–Crippen MR) is 179 cm³/mol. The average Bonchev–Trinajstić information content (AvgIpc) is 3.04. The zero-order chi connectivity index (χ0) is 36.2. The lowest BCUT2D eigenvalue weighted by Crippen LogP contribution is -2.56. The van der Waals surface area contributed by atoms with E-state index in [9.17, 15) is 24.0 Å². The number of hydrogen-bond acceptors (Lipinski definition) is 10. The van der Waals surface area contributed by atoms with Crippen molar-refractivity contribution in [1.82, 2.24) is 21.3 Å². The molecule has 0 bridgehead atoms. The second-order valence-corrected chi connectivity index (χ2v) is 13.1. The van der Waals surface area contributed by atoms with E-state index in [1.807, 2.05) is 49.4 Å². The van der Waals surface area contributed by atoms with Crippen LogP contribution in [-0.4, -0.2) is 73.8 Å². The Balaban J connectivity index is 1.50. The minimum Gasteiger partial charge on any atom is -0.493 e. The van der Waals surface area contributed by atoms with E-state index in [0.29, 0.717) is 18.6 Å². The van der Waals surface area contributed by atoms with Gasteiger partial charge in [0.25, 0.3) is 0 Å². The Morgan fingerprint density at radius 1 is 0.878 bits per heavy atom. The quantitative estimate of drug-likeness (QED) is 0.136. The van der Waals surface area contributed by atoms with E-state index in [4.69, 9.17) is 23.7 Å². The molecule has 0 fully saturated rings. The van der Waals surface area contributed by atoms with Crippen LogP contribution in [0.5, 0.6) is 5.75 Å². The first-order valence-corrected chi connectivity index (χ1v) is 16.2. The number of amides is 4. The summed E-state index contributed by atoms with van der Waals surface area (Å²) in [5, 5.41) is 10.6. The van der Waals surface area contributed by atoms with Gasteiger partial charge in [-0.15, -0.1) is 0 Å². The van der Waals surface area contributed by atoms with Crippen LogP contribution in [0.2, 0.25) is 0 Å². The van der Waals surface area contributed by atoms with Crippen molar-refractivity contribution in [2.24, 2.45) is 5.92 Å². The molecule has 4 N–H and O–H groups in total. The largest absolute Gasteiger partial charge is 0.510 e. The molecule has 268 valence electrons. The molecule has 1 aliphatic rings. The fourth-order valence-electron chi connectivity index (χ4n) is 4.93. The Kier molecular flexibility index (Phi) is 13.7. The molecule has 4 amide bonds. The highest BCUT2D eigenvalue weighted by molar-refractivity contribution is 5.90. The number of ether oxygens (including phenoxy) is 5. The summed E-state index contributed by atoms with van der Waals surface area (Å²) in [6.45, 7) is 10.7. The van der Waals surface area contributed by atoms with Crippen LogP contribution in [0, 0.1) is 5.92 Å². The molecule has 4 atom stereocenters. The second-order valence-electron chi connectivity index (χ2n) is 13.1. The molecule has 0 aliphatic heterocycles. The van der Waals surface area contributed by atoms with Gasteiger partial charge >= 0.3 is 18.3 Å². The molecule has 0 unspecified atom stereocenters. The van der Waals surface area contributed by atoms with E-state index in [2.05, 4.69) is 21.3 Å². The average molecular weight is 685 g/mol. The summed E-state index contributed by atoms with van der Waals surface area (Å²) in [6.07, 6.45) is -1.54. The molecule has 0 heterocycles. The zero-order valence-electron chi connectivity index (χ0n) is 29.2. The molecular formula is C35H48N4O10. The Morgan fingerprint density at radius 2 is 1.57 bits per heavy atom. The third kappa shape index (κ3) is 12.5. The standard InChI is InChI=1S/C35H48N4O10/c1-22(19-36-29(40)23(2)37-30(41)24(3)38-31(42)47-21-25-12-9-8-10-13-25)20-46-28-15-11-14-26-16-17-35(18-27(26)28,49-33(44)45-7)39-32(43)48-34(4,5)6/h8-15,22-24H,16-21H2,1-7H3,(H,36,40)(H,37,41)(H,38,42)(H,39,43)/t22-,23-,24-,35+/m0/s1. The van der Waals surface area contributed by atoms with Gasteiger partial charge in [-0.25, -0.2) is 14.4 Å². The minimum atomic E-state index is -1.42. The number of methoxy groups -OCH3 is 1. The lowest BCUT2D eigenvalue weighted by molar-refractivity contribution is -0.129. The molecule has 14 heteroatoms. The molecule has 2 aromatic carbocycles. The van der Waals surface area contributed by atoms with Gasteiger partial charge in [-0.1, -0.05) is 49.4 Å². The highest BCUT2D eigenvalue weighted by atomic mass is 16.7. The van der Waals surface area contributed by atoms with Gasteiger partial charge in [-0.3, -0.25) is 14.9 Å². The molecule has 0 spiro atoms. The van der Waals surface area contributed by atoms with Gasteiger partial charge in [0.15, 0.2) is 5.72 Å². The fourth-order valence-corrected chi connectivity index (χ4v) is 4.93. The number of nitrogens with one attached hydrogen (secondary N) is 4. The first-order chi connectivity index (χ1) is 23.1. The summed E-state index contributed by atoms with van der Waals surface area (Å²) in [7, 11) is 1.19. The molecule has 1 aliphatic carbocycles. The normalized spacial score (nSPS) is 17.1. The topological polar surface area (TPSA) is 180 Å². The summed E-state index contributed by atoms with van der Waals surface area (Å²) >= 11 is 0. The molecule has 0 radical (unpaired) electrons. The summed E-state index contributed by atoms with van der Waals surface area (Å²) < 4.78 is 27.0. The Bertz CT molecular complexity index is 1460. The maximum Gasteiger partial charge on any atom is 0.510 e. The number of hydrogen-bond donors (Lipinski definition) is 4. The van der Waals surface area contributed by atoms with Crippen molar-refractivity contribution >= 4 is 30.2 Å². The third-order valence-corrected chi connectivity index (χ3v) is 7.51. The number of carbonyl (C=O) groups excluding carboxylic acids is 5. The number of carbonyl (C=O) groups is 5. The third-order valence-electron chi connectivity index (χ3n) is 7.51. The van der Waals surface area contributed by atoms with E-state index in [1.165, 1.54) is 14.0 Å². The molecule has 3 rings (SSSR count). The van der Waals surface area contributed by atoms with Gasteiger partial charge in [0.1, 0.15) is 30.0 Å². The van der Waals surface area contributed by atoms with Gasteiger partial charge < -0.3 is 39.6 Å².